The van der Waals surface area contributed by atoms with Crippen molar-refractivity contribution in [2.24, 2.45) is 0 Å². The molecule has 1 fully saturated rings. The lowest BCUT2D eigenvalue weighted by Gasteiger charge is -2.17. The number of carbonyl (C=O) groups is 3. The van der Waals surface area contributed by atoms with E-state index in [9.17, 15) is 14.4 Å². The van der Waals surface area contributed by atoms with Crippen LogP contribution >= 0.6 is 23.2 Å². The smallest absolute Gasteiger partial charge is 0.261 e. The minimum Gasteiger partial charge on any atom is -0.492 e. The molecule has 2 aliphatic rings. The molecule has 1 N–H and O–H groups in total. The Morgan fingerprint density at radius 3 is 2.49 bits per heavy atom. The van der Waals surface area contributed by atoms with Gasteiger partial charge in [0, 0.05) is 23.7 Å². The molecule has 202 valence electrons. The van der Waals surface area contributed by atoms with Gasteiger partial charge in [-0.1, -0.05) is 23.2 Å². The number of ether oxygens (including phenoxy) is 3. The molecular weight excluding hydrogens is 543 g/mol. The number of hydrogen-bond donors (Lipinski definition) is 1. The van der Waals surface area contributed by atoms with Crippen molar-refractivity contribution in [3.8, 4) is 17.2 Å². The molecule has 2 heterocycles. The molecule has 1 saturated heterocycles. The third-order valence-electron chi connectivity index (χ3n) is 6.43. The highest BCUT2D eigenvalue weighted by Gasteiger charge is 2.37. The Labute approximate surface area is 235 Å². The fourth-order valence-corrected chi connectivity index (χ4v) is 4.93. The number of rotatable bonds is 10. The second-order valence-electron chi connectivity index (χ2n) is 9.26. The summed E-state index contributed by atoms with van der Waals surface area (Å²) >= 11 is 12.0. The number of anilines is 1. The first-order chi connectivity index (χ1) is 18.9. The summed E-state index contributed by atoms with van der Waals surface area (Å²) in [6.45, 7) is 1.26. The quantitative estimate of drug-likeness (QED) is 0.226. The highest BCUT2D eigenvalue weighted by atomic mass is 35.5. The van der Waals surface area contributed by atoms with Gasteiger partial charge in [0.2, 0.25) is 5.91 Å². The predicted molar refractivity (Wildman–Crippen MR) is 147 cm³/mol. The zero-order valence-electron chi connectivity index (χ0n) is 21.0. The highest BCUT2D eigenvalue weighted by molar-refractivity contribution is 6.35. The van der Waals surface area contributed by atoms with Gasteiger partial charge in [-0.05, 0) is 79.9 Å². The molecule has 1 unspecified atom stereocenters. The molecule has 3 amide bonds. The van der Waals surface area contributed by atoms with Crippen LogP contribution in [0.25, 0.3) is 0 Å². The number of halogens is 2. The number of amides is 3. The van der Waals surface area contributed by atoms with Crippen molar-refractivity contribution in [2.45, 2.75) is 31.8 Å². The standard InChI is InChI=1S/C29H26Cl2N2O6/c30-18-5-12-26(25(31)15-18)38-14-2-4-27(34)32-19-6-8-20(9-7-19)39-21-10-11-23-24(16-21)29(36)33(28(23)35)17-22-3-1-13-37-22/h5-12,15-16,22H,1-4,13-14,17H2,(H,32,34). The Morgan fingerprint density at radius 1 is 0.974 bits per heavy atom. The molecule has 1 atom stereocenters. The average Bonchev–Trinajstić information content (AvgIpc) is 3.52. The van der Waals surface area contributed by atoms with Crippen LogP contribution in [0.1, 0.15) is 46.4 Å². The van der Waals surface area contributed by atoms with Crippen LogP contribution in [0.4, 0.5) is 5.69 Å². The van der Waals surface area contributed by atoms with E-state index in [0.717, 1.165) is 12.8 Å². The largest absolute Gasteiger partial charge is 0.492 e. The SMILES string of the molecule is O=C(CCCOc1ccc(Cl)cc1Cl)Nc1ccc(Oc2ccc3c(c2)C(=O)N(CC2CCCO2)C3=O)cc1. The van der Waals surface area contributed by atoms with E-state index in [1.165, 1.54) is 4.90 Å². The molecule has 3 aromatic carbocycles. The number of fused-ring (bicyclic) bond motifs is 1. The van der Waals surface area contributed by atoms with Gasteiger partial charge in [-0.15, -0.1) is 0 Å². The molecule has 2 aliphatic heterocycles. The Balaban J connectivity index is 1.10. The maximum Gasteiger partial charge on any atom is 0.261 e. The van der Waals surface area contributed by atoms with Gasteiger partial charge in [0.1, 0.15) is 17.2 Å². The lowest BCUT2D eigenvalue weighted by Crippen LogP contribution is -2.36. The van der Waals surface area contributed by atoms with Crippen LogP contribution in [0.3, 0.4) is 0 Å². The van der Waals surface area contributed by atoms with Crippen molar-refractivity contribution in [3.05, 3.63) is 81.8 Å². The summed E-state index contributed by atoms with van der Waals surface area (Å²) in [6, 6.07) is 16.7. The minimum absolute atomic E-state index is 0.108. The van der Waals surface area contributed by atoms with Crippen LogP contribution in [0.5, 0.6) is 17.2 Å². The molecule has 5 rings (SSSR count). The zero-order chi connectivity index (χ0) is 27.4. The van der Waals surface area contributed by atoms with E-state index in [-0.39, 0.29) is 36.8 Å². The molecule has 0 spiro atoms. The van der Waals surface area contributed by atoms with Gasteiger partial charge in [0.25, 0.3) is 11.8 Å². The number of carbonyl (C=O) groups excluding carboxylic acids is 3. The van der Waals surface area contributed by atoms with Crippen LogP contribution in [0.2, 0.25) is 10.0 Å². The van der Waals surface area contributed by atoms with Gasteiger partial charge < -0.3 is 19.5 Å². The van der Waals surface area contributed by atoms with Gasteiger partial charge in [0.15, 0.2) is 0 Å². The van der Waals surface area contributed by atoms with Crippen molar-refractivity contribution in [2.75, 3.05) is 25.1 Å². The van der Waals surface area contributed by atoms with Crippen molar-refractivity contribution < 1.29 is 28.6 Å². The van der Waals surface area contributed by atoms with Crippen molar-refractivity contribution in [1.82, 2.24) is 4.90 Å². The number of nitrogens with one attached hydrogen (secondary N) is 1. The molecule has 0 bridgehead atoms. The van der Waals surface area contributed by atoms with Crippen LogP contribution in [0, 0.1) is 0 Å². The summed E-state index contributed by atoms with van der Waals surface area (Å²) < 4.78 is 17.1. The fourth-order valence-electron chi connectivity index (χ4n) is 4.46. The molecular formula is C29H26Cl2N2O6. The van der Waals surface area contributed by atoms with Gasteiger partial charge in [-0.25, -0.2) is 0 Å². The molecule has 8 nitrogen and oxygen atoms in total. The molecule has 0 aliphatic carbocycles. The maximum atomic E-state index is 12.9. The van der Waals surface area contributed by atoms with Crippen molar-refractivity contribution >= 4 is 46.6 Å². The van der Waals surface area contributed by atoms with E-state index in [1.807, 2.05) is 0 Å². The molecule has 10 heteroatoms. The zero-order valence-corrected chi connectivity index (χ0v) is 22.5. The number of imide groups is 1. The molecule has 0 radical (unpaired) electrons. The Hall–Kier alpha value is -3.59. The average molecular weight is 569 g/mol. The van der Waals surface area contributed by atoms with Crippen LogP contribution in [-0.2, 0) is 9.53 Å². The summed E-state index contributed by atoms with van der Waals surface area (Å²) in [5.41, 5.74) is 1.31. The van der Waals surface area contributed by atoms with Gasteiger partial charge in [0.05, 0.1) is 35.4 Å². The van der Waals surface area contributed by atoms with Crippen LogP contribution in [-0.4, -0.2) is 48.5 Å². The van der Waals surface area contributed by atoms with E-state index >= 15 is 0 Å². The number of nitrogens with zero attached hydrogens (tertiary/aromatic N) is 1. The first-order valence-corrected chi connectivity index (χ1v) is 13.4. The second kappa shape index (κ2) is 12.1. The van der Waals surface area contributed by atoms with E-state index in [2.05, 4.69) is 5.32 Å². The van der Waals surface area contributed by atoms with Crippen molar-refractivity contribution in [1.29, 1.82) is 0 Å². The summed E-state index contributed by atoms with van der Waals surface area (Å²) in [5, 5.41) is 3.79. The Bertz CT molecular complexity index is 1390. The second-order valence-corrected chi connectivity index (χ2v) is 10.1. The summed E-state index contributed by atoms with van der Waals surface area (Å²) in [5.74, 6) is 0.685. The van der Waals surface area contributed by atoms with Gasteiger partial charge >= 0.3 is 0 Å². The minimum atomic E-state index is -0.337. The number of benzene rings is 3. The Morgan fingerprint density at radius 2 is 1.74 bits per heavy atom. The monoisotopic (exact) mass is 568 g/mol. The Kier molecular flexibility index (Phi) is 8.35. The predicted octanol–water partition coefficient (Wildman–Crippen LogP) is 6.36. The summed E-state index contributed by atoms with van der Waals surface area (Å²) in [6.07, 6.45) is 2.45. The molecule has 3 aromatic rings. The lowest BCUT2D eigenvalue weighted by atomic mass is 10.1. The first kappa shape index (κ1) is 27.0. The summed E-state index contributed by atoms with van der Waals surface area (Å²) in [4.78, 5) is 39.1. The third-order valence-corrected chi connectivity index (χ3v) is 6.96. The highest BCUT2D eigenvalue weighted by Crippen LogP contribution is 2.31. The number of hydrogen-bond acceptors (Lipinski definition) is 6. The molecule has 0 saturated carbocycles. The summed E-state index contributed by atoms with van der Waals surface area (Å²) in [7, 11) is 0. The first-order valence-electron chi connectivity index (χ1n) is 12.6. The molecule has 0 aromatic heterocycles. The maximum absolute atomic E-state index is 12.9. The topological polar surface area (TPSA) is 94.2 Å². The third kappa shape index (κ3) is 6.53. The molecule has 39 heavy (non-hydrogen) atoms. The van der Waals surface area contributed by atoms with Gasteiger partial charge in [-0.3, -0.25) is 19.3 Å². The van der Waals surface area contributed by atoms with Crippen LogP contribution in [0.15, 0.2) is 60.7 Å². The van der Waals surface area contributed by atoms with E-state index in [1.54, 1.807) is 60.7 Å². The fraction of sp³-hybridized carbons (Fsp3) is 0.276. The van der Waals surface area contributed by atoms with E-state index in [0.29, 0.717) is 63.7 Å². The lowest BCUT2D eigenvalue weighted by molar-refractivity contribution is -0.116. The van der Waals surface area contributed by atoms with Crippen molar-refractivity contribution in [3.63, 3.8) is 0 Å². The van der Waals surface area contributed by atoms with E-state index in [4.69, 9.17) is 37.4 Å². The van der Waals surface area contributed by atoms with Crippen LogP contribution < -0.4 is 14.8 Å². The van der Waals surface area contributed by atoms with Gasteiger partial charge in [-0.2, -0.15) is 0 Å². The normalized spacial score (nSPS) is 16.4. The van der Waals surface area contributed by atoms with E-state index < -0.39 is 0 Å².